The van der Waals surface area contributed by atoms with Crippen LogP contribution in [0.1, 0.15) is 49.2 Å². The normalized spacial score (nSPS) is 11.8. The fraction of sp³-hybridized carbons (Fsp3) is 0.346. The summed E-state index contributed by atoms with van der Waals surface area (Å²) in [7, 11) is 1.77. The molecule has 3 aromatic rings. The molecule has 0 saturated heterocycles. The Kier molecular flexibility index (Phi) is 8.35. The molecule has 0 aliphatic carbocycles. The largest absolute Gasteiger partial charge is 0.481 e. The number of aromatic nitrogens is 2. The van der Waals surface area contributed by atoms with Gasteiger partial charge in [-0.2, -0.15) is 5.10 Å². The summed E-state index contributed by atoms with van der Waals surface area (Å²) in [6, 6.07) is 15.2. The molecule has 0 bridgehead atoms. The van der Waals surface area contributed by atoms with Gasteiger partial charge in [-0.25, -0.2) is 4.39 Å². The minimum Gasteiger partial charge on any atom is -0.481 e. The predicted octanol–water partition coefficient (Wildman–Crippen LogP) is 5.06. The number of nitrogens with one attached hydrogen (secondary N) is 1. The highest BCUT2D eigenvalue weighted by molar-refractivity contribution is 5.94. The Bertz CT molecular complexity index is 1100. The number of hydrogen-bond acceptors (Lipinski definition) is 4. The zero-order chi connectivity index (χ0) is 23.8. The Morgan fingerprint density at radius 2 is 1.88 bits per heavy atom. The highest BCUT2D eigenvalue weighted by Crippen LogP contribution is 2.20. The van der Waals surface area contributed by atoms with Crippen molar-refractivity contribution in [3.8, 4) is 17.0 Å². The molecule has 1 N–H and O–H groups in total. The van der Waals surface area contributed by atoms with Crippen LogP contribution in [0.3, 0.4) is 0 Å². The first-order valence-corrected chi connectivity index (χ1v) is 11.2. The van der Waals surface area contributed by atoms with E-state index in [0.29, 0.717) is 17.9 Å². The number of unbranched alkanes of at least 4 members (excludes halogenated alkanes) is 2. The Balaban J connectivity index is 1.38. The number of benzene rings is 2. The average molecular weight is 452 g/mol. The number of aryl methyl sites for hydroxylation is 1. The molecule has 0 spiro atoms. The number of nitrogens with zero attached hydrogens (tertiary/aromatic N) is 2. The molecule has 0 saturated carbocycles. The molecule has 174 valence electrons. The average Bonchev–Trinajstić information content (AvgIpc) is 3.27. The number of ether oxygens (including phenoxy) is 1. The van der Waals surface area contributed by atoms with Gasteiger partial charge < -0.3 is 9.64 Å². The van der Waals surface area contributed by atoms with E-state index in [-0.39, 0.29) is 17.5 Å². The van der Waals surface area contributed by atoms with Gasteiger partial charge in [-0.05, 0) is 63.4 Å². The third kappa shape index (κ3) is 7.00. The van der Waals surface area contributed by atoms with Gasteiger partial charge in [0.1, 0.15) is 11.6 Å². The number of Topliss-reactive ketones (excluding diaryl/α,β-unsaturated/α-hetero) is 1. The van der Waals surface area contributed by atoms with E-state index in [2.05, 4.69) is 10.2 Å². The van der Waals surface area contributed by atoms with Crippen molar-refractivity contribution in [1.29, 1.82) is 0 Å². The third-order valence-electron chi connectivity index (χ3n) is 5.47. The zero-order valence-electron chi connectivity index (χ0n) is 19.3. The van der Waals surface area contributed by atoms with E-state index in [1.807, 2.05) is 12.1 Å². The van der Waals surface area contributed by atoms with E-state index in [4.69, 9.17) is 4.74 Å². The van der Waals surface area contributed by atoms with E-state index in [9.17, 15) is 14.0 Å². The topological polar surface area (TPSA) is 75.3 Å². The van der Waals surface area contributed by atoms with Gasteiger partial charge in [-0.1, -0.05) is 30.7 Å². The lowest BCUT2D eigenvalue weighted by Gasteiger charge is -2.22. The SMILES string of the molecule is CC(=O)c1cccc(OC(C)C(=O)N(C)CCCCCc2cc(-c3cccc(F)c3)n[nH]2)c1. The van der Waals surface area contributed by atoms with E-state index in [1.165, 1.54) is 19.1 Å². The van der Waals surface area contributed by atoms with Gasteiger partial charge in [0.15, 0.2) is 11.9 Å². The molecule has 33 heavy (non-hydrogen) atoms. The van der Waals surface area contributed by atoms with Gasteiger partial charge in [-0.3, -0.25) is 14.7 Å². The highest BCUT2D eigenvalue weighted by atomic mass is 19.1. The number of carbonyl (C=O) groups is 2. The number of rotatable bonds is 11. The van der Waals surface area contributed by atoms with E-state index >= 15 is 0 Å². The van der Waals surface area contributed by atoms with Crippen molar-refractivity contribution in [2.75, 3.05) is 13.6 Å². The molecular formula is C26H30FN3O3. The number of likely N-dealkylation sites (N-methyl/N-ethyl adjacent to an activating group) is 1. The van der Waals surface area contributed by atoms with Crippen molar-refractivity contribution in [2.45, 2.75) is 45.6 Å². The summed E-state index contributed by atoms with van der Waals surface area (Å²) in [5.41, 5.74) is 3.05. The molecule has 7 heteroatoms. The van der Waals surface area contributed by atoms with Gasteiger partial charge >= 0.3 is 0 Å². The molecular weight excluding hydrogens is 421 g/mol. The molecule has 1 unspecified atom stereocenters. The predicted molar refractivity (Wildman–Crippen MR) is 126 cm³/mol. The standard InChI is InChI=1S/C26H30FN3O3/c1-18(31)20-9-8-13-24(16-20)33-19(2)26(32)30(3)14-6-4-5-12-23-17-25(29-28-23)21-10-7-11-22(27)15-21/h7-11,13,15-17,19H,4-6,12,14H2,1-3H3,(H,28,29). The maximum absolute atomic E-state index is 13.4. The number of aromatic amines is 1. The van der Waals surface area contributed by atoms with Gasteiger partial charge in [-0.15, -0.1) is 0 Å². The van der Waals surface area contributed by atoms with Crippen molar-refractivity contribution in [1.82, 2.24) is 15.1 Å². The van der Waals surface area contributed by atoms with Gasteiger partial charge in [0.2, 0.25) is 0 Å². The fourth-order valence-corrected chi connectivity index (χ4v) is 3.59. The van der Waals surface area contributed by atoms with Crippen LogP contribution in [0.2, 0.25) is 0 Å². The van der Waals surface area contributed by atoms with Crippen LogP contribution in [0.15, 0.2) is 54.6 Å². The van der Waals surface area contributed by atoms with Crippen LogP contribution >= 0.6 is 0 Å². The van der Waals surface area contributed by atoms with Gasteiger partial charge in [0, 0.05) is 30.4 Å². The van der Waals surface area contributed by atoms with Gasteiger partial charge in [0.25, 0.3) is 5.91 Å². The van der Waals surface area contributed by atoms with Crippen LogP contribution in [-0.4, -0.2) is 46.5 Å². The first-order valence-electron chi connectivity index (χ1n) is 11.2. The molecule has 0 aliphatic rings. The fourth-order valence-electron chi connectivity index (χ4n) is 3.59. The number of carbonyl (C=O) groups excluding carboxylic acids is 2. The van der Waals surface area contributed by atoms with Crippen LogP contribution in [0.25, 0.3) is 11.3 Å². The minimum absolute atomic E-state index is 0.0446. The molecule has 0 radical (unpaired) electrons. The summed E-state index contributed by atoms with van der Waals surface area (Å²) >= 11 is 0. The minimum atomic E-state index is -0.636. The first kappa shape index (κ1) is 24.2. The third-order valence-corrected chi connectivity index (χ3v) is 5.47. The molecule has 1 aromatic heterocycles. The maximum Gasteiger partial charge on any atom is 0.263 e. The molecule has 1 atom stereocenters. The van der Waals surface area contributed by atoms with E-state index in [1.54, 1.807) is 49.2 Å². The van der Waals surface area contributed by atoms with Crippen molar-refractivity contribution < 1.29 is 18.7 Å². The number of halogens is 1. The molecule has 1 amide bonds. The molecule has 6 nitrogen and oxygen atoms in total. The molecule has 2 aromatic carbocycles. The monoisotopic (exact) mass is 451 g/mol. The highest BCUT2D eigenvalue weighted by Gasteiger charge is 2.19. The number of amides is 1. The lowest BCUT2D eigenvalue weighted by molar-refractivity contribution is -0.136. The van der Waals surface area contributed by atoms with Crippen LogP contribution in [0.5, 0.6) is 5.75 Å². The van der Waals surface area contributed by atoms with Crippen LogP contribution < -0.4 is 4.74 Å². The second-order valence-electron chi connectivity index (χ2n) is 8.20. The van der Waals surface area contributed by atoms with Crippen molar-refractivity contribution in [3.05, 3.63) is 71.7 Å². The smallest absolute Gasteiger partial charge is 0.263 e. The van der Waals surface area contributed by atoms with Gasteiger partial charge in [0.05, 0.1) is 5.69 Å². The zero-order valence-corrected chi connectivity index (χ0v) is 19.3. The van der Waals surface area contributed by atoms with E-state index < -0.39 is 6.10 Å². The van der Waals surface area contributed by atoms with Crippen LogP contribution in [0, 0.1) is 5.82 Å². The Labute approximate surface area is 193 Å². The Morgan fingerprint density at radius 1 is 1.09 bits per heavy atom. The summed E-state index contributed by atoms with van der Waals surface area (Å²) in [6.07, 6.45) is 2.99. The second kappa shape index (κ2) is 11.4. The quantitative estimate of drug-likeness (QED) is 0.327. The molecule has 0 aliphatic heterocycles. The summed E-state index contributed by atoms with van der Waals surface area (Å²) < 4.78 is 19.1. The summed E-state index contributed by atoms with van der Waals surface area (Å²) in [4.78, 5) is 25.8. The van der Waals surface area contributed by atoms with Crippen LogP contribution in [-0.2, 0) is 11.2 Å². The number of ketones is 1. The Morgan fingerprint density at radius 3 is 2.64 bits per heavy atom. The van der Waals surface area contributed by atoms with Crippen LogP contribution in [0.4, 0.5) is 4.39 Å². The molecule has 1 heterocycles. The number of H-pyrrole nitrogens is 1. The lowest BCUT2D eigenvalue weighted by atomic mass is 10.1. The summed E-state index contributed by atoms with van der Waals surface area (Å²) in [5.74, 6) is 0.0857. The van der Waals surface area contributed by atoms with Crippen molar-refractivity contribution in [3.63, 3.8) is 0 Å². The second-order valence-corrected chi connectivity index (χ2v) is 8.20. The molecule has 3 rings (SSSR count). The van der Waals surface area contributed by atoms with Crippen molar-refractivity contribution >= 4 is 11.7 Å². The number of hydrogen-bond donors (Lipinski definition) is 1. The van der Waals surface area contributed by atoms with E-state index in [0.717, 1.165) is 42.6 Å². The lowest BCUT2D eigenvalue weighted by Crippen LogP contribution is -2.38. The molecule has 0 fully saturated rings. The summed E-state index contributed by atoms with van der Waals surface area (Å²) in [6.45, 7) is 3.85. The maximum atomic E-state index is 13.4. The summed E-state index contributed by atoms with van der Waals surface area (Å²) in [5, 5.41) is 7.29. The first-order chi connectivity index (χ1) is 15.8. The van der Waals surface area contributed by atoms with Crippen molar-refractivity contribution in [2.24, 2.45) is 0 Å². The Hall–Kier alpha value is -3.48.